The summed E-state index contributed by atoms with van der Waals surface area (Å²) in [5.41, 5.74) is 2.49. The lowest BCUT2D eigenvalue weighted by molar-refractivity contribution is -0.116. The smallest absolute Gasteiger partial charge is 0.258 e. The number of fused-ring (bicyclic) bond motifs is 1. The van der Waals surface area contributed by atoms with Gasteiger partial charge in [0, 0.05) is 28.0 Å². The Morgan fingerprint density at radius 2 is 1.73 bits per heavy atom. The average Bonchev–Trinajstić information content (AvgIpc) is 3.29. The van der Waals surface area contributed by atoms with Gasteiger partial charge in [0.2, 0.25) is 5.91 Å². The van der Waals surface area contributed by atoms with Gasteiger partial charge < -0.3 is 15.5 Å². The molecular formula is C23H30BrN3O2S. The molecule has 0 saturated heterocycles. The molecule has 2 amide bonds. The van der Waals surface area contributed by atoms with Gasteiger partial charge in [-0.3, -0.25) is 9.59 Å². The maximum absolute atomic E-state index is 13.1. The van der Waals surface area contributed by atoms with Crippen molar-refractivity contribution in [1.29, 1.82) is 0 Å². The Kier molecular flexibility index (Phi) is 8.48. The lowest BCUT2D eigenvalue weighted by Gasteiger charge is -2.20. The lowest BCUT2D eigenvalue weighted by atomic mass is 10.1. The molecule has 0 atom stereocenters. The van der Waals surface area contributed by atoms with Gasteiger partial charge in [-0.2, -0.15) is 0 Å². The number of hydrogen-bond acceptors (Lipinski definition) is 4. The SMILES string of the molecule is CCCN(CCC)CCC(=O)Nc1sc2c(c1C(=O)Nc1ccc(Br)cc1)CCC2. The molecule has 1 heterocycles. The highest BCUT2D eigenvalue weighted by Gasteiger charge is 2.27. The average molecular weight is 492 g/mol. The first-order valence-electron chi connectivity index (χ1n) is 10.8. The number of anilines is 2. The highest BCUT2D eigenvalue weighted by Crippen LogP contribution is 2.39. The fraction of sp³-hybridized carbons (Fsp3) is 0.478. The van der Waals surface area contributed by atoms with Gasteiger partial charge in [0.1, 0.15) is 5.00 Å². The summed E-state index contributed by atoms with van der Waals surface area (Å²) in [6.45, 7) is 7.09. The number of thiophene rings is 1. The van der Waals surface area contributed by atoms with Crippen molar-refractivity contribution in [2.75, 3.05) is 30.3 Å². The molecule has 3 rings (SSSR count). The number of nitrogens with one attached hydrogen (secondary N) is 2. The first-order chi connectivity index (χ1) is 14.5. The molecule has 0 bridgehead atoms. The van der Waals surface area contributed by atoms with Gasteiger partial charge >= 0.3 is 0 Å². The van der Waals surface area contributed by atoms with Crippen molar-refractivity contribution in [3.05, 3.63) is 44.7 Å². The van der Waals surface area contributed by atoms with Crippen LogP contribution in [0.15, 0.2) is 28.7 Å². The van der Waals surface area contributed by atoms with Crippen LogP contribution in [-0.4, -0.2) is 36.3 Å². The zero-order valence-electron chi connectivity index (χ0n) is 17.7. The minimum absolute atomic E-state index is 0.0233. The maximum Gasteiger partial charge on any atom is 0.258 e. The van der Waals surface area contributed by atoms with E-state index < -0.39 is 0 Å². The van der Waals surface area contributed by atoms with Crippen molar-refractivity contribution in [1.82, 2.24) is 4.90 Å². The Bertz CT molecular complexity index is 873. The number of hydrogen-bond donors (Lipinski definition) is 2. The van der Waals surface area contributed by atoms with Crippen LogP contribution < -0.4 is 10.6 Å². The molecule has 1 aromatic heterocycles. The van der Waals surface area contributed by atoms with E-state index in [1.165, 1.54) is 4.88 Å². The van der Waals surface area contributed by atoms with Gasteiger partial charge in [0.25, 0.3) is 5.91 Å². The second-order valence-electron chi connectivity index (χ2n) is 7.66. The first-order valence-corrected chi connectivity index (χ1v) is 12.4. The molecule has 1 aliphatic rings. The second-order valence-corrected chi connectivity index (χ2v) is 9.68. The summed E-state index contributed by atoms with van der Waals surface area (Å²) in [7, 11) is 0. The summed E-state index contributed by atoms with van der Waals surface area (Å²) >= 11 is 4.97. The maximum atomic E-state index is 13.1. The van der Waals surface area contributed by atoms with Gasteiger partial charge in [0.05, 0.1) is 5.56 Å². The van der Waals surface area contributed by atoms with E-state index in [4.69, 9.17) is 0 Å². The number of aryl methyl sites for hydroxylation is 1. The van der Waals surface area contributed by atoms with Gasteiger partial charge in [-0.15, -0.1) is 11.3 Å². The van der Waals surface area contributed by atoms with Gasteiger partial charge in [-0.25, -0.2) is 0 Å². The Balaban J connectivity index is 1.70. The molecule has 1 aromatic carbocycles. The van der Waals surface area contributed by atoms with Gasteiger partial charge in [0.15, 0.2) is 0 Å². The topological polar surface area (TPSA) is 61.4 Å². The van der Waals surface area contributed by atoms with E-state index in [1.54, 1.807) is 11.3 Å². The largest absolute Gasteiger partial charge is 0.322 e. The molecule has 0 saturated carbocycles. The van der Waals surface area contributed by atoms with Crippen LogP contribution in [0.1, 0.15) is 60.3 Å². The summed E-state index contributed by atoms with van der Waals surface area (Å²) in [6, 6.07) is 7.52. The minimum Gasteiger partial charge on any atom is -0.322 e. The van der Waals surface area contributed by atoms with Crippen LogP contribution in [0.5, 0.6) is 0 Å². The molecule has 0 radical (unpaired) electrons. The van der Waals surface area contributed by atoms with Crippen molar-refractivity contribution in [2.24, 2.45) is 0 Å². The normalized spacial score (nSPS) is 12.8. The van der Waals surface area contributed by atoms with Crippen molar-refractivity contribution in [3.63, 3.8) is 0 Å². The van der Waals surface area contributed by atoms with E-state index in [1.807, 2.05) is 24.3 Å². The van der Waals surface area contributed by atoms with Crippen molar-refractivity contribution in [2.45, 2.75) is 52.4 Å². The van der Waals surface area contributed by atoms with Crippen LogP contribution in [0.25, 0.3) is 0 Å². The van der Waals surface area contributed by atoms with Gasteiger partial charge in [-0.05, 0) is 75.0 Å². The zero-order valence-corrected chi connectivity index (χ0v) is 20.1. The molecule has 2 N–H and O–H groups in total. The van der Waals surface area contributed by atoms with Crippen LogP contribution in [0.4, 0.5) is 10.7 Å². The van der Waals surface area contributed by atoms with E-state index >= 15 is 0 Å². The minimum atomic E-state index is -0.148. The van der Waals surface area contributed by atoms with E-state index in [2.05, 4.69) is 45.3 Å². The van der Waals surface area contributed by atoms with E-state index in [0.717, 1.165) is 67.5 Å². The summed E-state index contributed by atoms with van der Waals surface area (Å²) < 4.78 is 0.963. The van der Waals surface area contributed by atoms with Crippen molar-refractivity contribution in [3.8, 4) is 0 Å². The Hall–Kier alpha value is -1.70. The number of nitrogens with zero attached hydrogens (tertiary/aromatic N) is 1. The molecule has 5 nitrogen and oxygen atoms in total. The predicted octanol–water partition coefficient (Wildman–Crippen LogP) is 5.70. The third-order valence-electron chi connectivity index (χ3n) is 5.24. The first kappa shape index (κ1) is 23.0. The molecule has 0 spiro atoms. The van der Waals surface area contributed by atoms with Crippen LogP contribution in [0, 0.1) is 0 Å². The Morgan fingerprint density at radius 1 is 1.03 bits per heavy atom. The number of rotatable bonds is 10. The van der Waals surface area contributed by atoms with E-state index in [9.17, 15) is 9.59 Å². The fourth-order valence-corrected chi connectivity index (χ4v) is 5.44. The monoisotopic (exact) mass is 491 g/mol. The number of halogens is 1. The molecular weight excluding hydrogens is 462 g/mol. The number of amides is 2. The van der Waals surface area contributed by atoms with Crippen molar-refractivity contribution < 1.29 is 9.59 Å². The summed E-state index contributed by atoms with van der Waals surface area (Å²) in [5, 5.41) is 6.72. The standard InChI is InChI=1S/C23H30BrN3O2S/c1-3-13-27(14-4-2)15-12-20(28)26-23-21(18-6-5-7-19(18)30-23)22(29)25-17-10-8-16(24)9-11-17/h8-11H,3-7,12-15H2,1-2H3,(H,25,29)(H,26,28). The lowest BCUT2D eigenvalue weighted by Crippen LogP contribution is -2.29. The quantitative estimate of drug-likeness (QED) is 0.447. The Labute approximate surface area is 191 Å². The number of benzene rings is 1. The highest BCUT2D eigenvalue weighted by atomic mass is 79.9. The molecule has 0 unspecified atom stereocenters. The molecule has 0 fully saturated rings. The molecule has 2 aromatic rings. The van der Waals surface area contributed by atoms with Crippen LogP contribution in [0.2, 0.25) is 0 Å². The molecule has 30 heavy (non-hydrogen) atoms. The summed E-state index contributed by atoms with van der Waals surface area (Å²) in [4.78, 5) is 29.3. The van der Waals surface area contributed by atoms with Crippen LogP contribution in [0.3, 0.4) is 0 Å². The predicted molar refractivity (Wildman–Crippen MR) is 129 cm³/mol. The van der Waals surface area contributed by atoms with Crippen LogP contribution in [-0.2, 0) is 17.6 Å². The second kappa shape index (κ2) is 11.1. The summed E-state index contributed by atoms with van der Waals surface area (Å²) in [6.07, 6.45) is 5.55. The highest BCUT2D eigenvalue weighted by molar-refractivity contribution is 9.10. The van der Waals surface area contributed by atoms with Crippen LogP contribution >= 0.6 is 27.3 Å². The third kappa shape index (κ3) is 5.93. The zero-order chi connectivity index (χ0) is 21.5. The fourth-order valence-electron chi connectivity index (χ4n) is 3.88. The van der Waals surface area contributed by atoms with E-state index in [0.29, 0.717) is 17.0 Å². The van der Waals surface area contributed by atoms with Crippen molar-refractivity contribution >= 4 is 49.8 Å². The number of carbonyl (C=O) groups is 2. The summed E-state index contributed by atoms with van der Waals surface area (Å²) in [5.74, 6) is -0.171. The molecule has 7 heteroatoms. The molecule has 0 aliphatic heterocycles. The molecule has 1 aliphatic carbocycles. The number of carbonyl (C=O) groups excluding carboxylic acids is 2. The van der Waals surface area contributed by atoms with E-state index in [-0.39, 0.29) is 11.8 Å². The van der Waals surface area contributed by atoms with Gasteiger partial charge in [-0.1, -0.05) is 29.8 Å². The Morgan fingerprint density at radius 3 is 2.40 bits per heavy atom. The molecule has 162 valence electrons. The third-order valence-corrected chi connectivity index (χ3v) is 6.97.